The van der Waals surface area contributed by atoms with Crippen LogP contribution in [0.2, 0.25) is 0 Å². The fourth-order valence-corrected chi connectivity index (χ4v) is 17.3. The summed E-state index contributed by atoms with van der Waals surface area (Å²) in [6, 6.07) is 78.9. The average molecular weight is 1680 g/mol. The number of unbranched alkanes of at least 4 members (excludes halogenated alkanes) is 1. The van der Waals surface area contributed by atoms with E-state index in [1.807, 2.05) is 78.9 Å². The molecule has 5 N–H and O–H groups in total. The van der Waals surface area contributed by atoms with E-state index in [2.05, 4.69) is 337 Å². The Labute approximate surface area is 735 Å². The molecule has 0 aliphatic heterocycles. The van der Waals surface area contributed by atoms with Crippen LogP contribution in [0, 0.1) is 20.8 Å². The summed E-state index contributed by atoms with van der Waals surface area (Å²) in [4.78, 5) is 1.80. The van der Waals surface area contributed by atoms with Crippen molar-refractivity contribution in [2.75, 3.05) is 13.2 Å². The number of hydrogen-bond acceptors (Lipinski definition) is 4. The van der Waals surface area contributed by atoms with Gasteiger partial charge < -0.3 is 20.1 Å². The third-order valence-electron chi connectivity index (χ3n) is 22.8. The van der Waals surface area contributed by atoms with Gasteiger partial charge >= 0.3 is 0 Å². The Morgan fingerprint density at radius 2 is 0.593 bits per heavy atom. The van der Waals surface area contributed by atoms with Crippen molar-refractivity contribution >= 4 is 65.8 Å². The number of rotatable bonds is 11. The molecule has 0 amide bonds. The van der Waals surface area contributed by atoms with Crippen molar-refractivity contribution in [3.05, 3.63) is 304 Å². The van der Waals surface area contributed by atoms with Crippen molar-refractivity contribution in [2.45, 2.75) is 229 Å². The van der Waals surface area contributed by atoms with Crippen LogP contribution in [-0.4, -0.2) is 33.3 Å². The van der Waals surface area contributed by atoms with Crippen molar-refractivity contribution in [1.82, 2.24) is 0 Å². The van der Waals surface area contributed by atoms with Crippen molar-refractivity contribution < 1.29 is 46.3 Å². The molecule has 614 valence electrons. The molecule has 7 heteroatoms. The van der Waals surface area contributed by atoms with Crippen LogP contribution in [0.25, 0.3) is 108 Å². The normalized spacial score (nSPS) is 12.4. The summed E-state index contributed by atoms with van der Waals surface area (Å²) in [6.45, 7) is 66.0. The molecule has 14 rings (SSSR count). The van der Waals surface area contributed by atoms with Crippen molar-refractivity contribution in [3.63, 3.8) is 0 Å². The molecule has 14 aromatic rings. The zero-order valence-electron chi connectivity index (χ0n) is 75.3. The van der Waals surface area contributed by atoms with Crippen LogP contribution in [0.15, 0.2) is 229 Å². The minimum atomic E-state index is -0.0518. The standard InChI is InChI=1S/C50H60O3S.C47H54OS.2C7H7.Zr/c1-47(2,3)32-19-21-37-39(28-32)43(31-25-34(49(7,8)9)27-35(26-31)50(10,11)12)40-29-33(48(4,5)6)20-22-38(40)44(37)46-45(52)41(30-54-46)36-17-13-14-18-42(36)53-24-16-15-23-51;1-28-16-14-15-17-34(28)39-27-49-43(42(39)48)41-35-20-18-30(44(2,3)4)25-37(35)40(38-26-31(45(5,6)7)19-21-36(38)41)29-22-32(46(8,9)10)24-33(23-29)47(11,12)13;2*1-7-5-3-2-4-6-7;/h13-14,17-22,25-30,51-52H,15-16,23-24H2,1-12H3;14-27,48H,1-13H3;2*2-6H,1H2;/q;;2*-1;/p+2. The van der Waals surface area contributed by atoms with Gasteiger partial charge in [-0.05, 0) is 202 Å². The summed E-state index contributed by atoms with van der Waals surface area (Å²) < 4.78 is 4.91. The van der Waals surface area contributed by atoms with Gasteiger partial charge in [0, 0.05) is 78.1 Å². The van der Waals surface area contributed by atoms with Crippen LogP contribution in [0.5, 0.6) is 17.2 Å². The summed E-state index contributed by atoms with van der Waals surface area (Å²) in [5.74, 6) is 1.54. The number of thiophene rings is 2. The van der Waals surface area contributed by atoms with E-state index < -0.39 is 0 Å². The van der Waals surface area contributed by atoms with E-state index in [0.717, 1.165) is 89.2 Å². The van der Waals surface area contributed by atoms with E-state index in [0.29, 0.717) is 24.7 Å². The van der Waals surface area contributed by atoms with E-state index in [9.17, 15) is 10.2 Å². The van der Waals surface area contributed by atoms with E-state index in [4.69, 9.17) is 9.84 Å². The SMILES string of the molecule is CC(C)(C)c1cc(-c2c3cc(C(C)(C)C)ccc3c(-c3scc(-c4ccccc4[OH+]CCCC[OH2+])c3O)c3ccc(C(C)(C)C)cc23)cc(C(C)(C)C)c1.Cc1ccccc1-c1csc(-c2c3ccc(C(C)(C)C)cc3c(-c3cc(C(C)(C)C)cc(C(C)(C)C)c3)c3cc(C(C)(C)C)ccc23)c1O.[CH2-]c1ccccc1.[CH2-]c1ccccc1.[Zr]. The molecule has 0 aliphatic carbocycles. The number of aryl methyl sites for hydroxylation is 1. The molecule has 0 bridgehead atoms. The summed E-state index contributed by atoms with van der Waals surface area (Å²) in [5.41, 5.74) is 24.5. The van der Waals surface area contributed by atoms with Crippen LogP contribution in [-0.2, 0) is 69.5 Å². The second-order valence-corrected chi connectivity index (χ2v) is 42.2. The summed E-state index contributed by atoms with van der Waals surface area (Å²) in [5, 5.41) is 45.7. The molecule has 2 aromatic heterocycles. The molecule has 0 fully saturated rings. The fraction of sp³-hybridized carbons (Fsp3) is 0.333. The van der Waals surface area contributed by atoms with Crippen molar-refractivity contribution in [1.29, 1.82) is 0 Å². The van der Waals surface area contributed by atoms with Gasteiger partial charge in [-0.25, -0.2) is 0 Å². The third kappa shape index (κ3) is 20.7. The number of ether oxygens (including phenoxy) is 1. The van der Waals surface area contributed by atoms with E-state index in [-0.39, 0.29) is 69.5 Å². The molecule has 0 saturated heterocycles. The predicted octanol–water partition coefficient (Wildman–Crippen LogP) is 31.7. The van der Waals surface area contributed by atoms with Crippen LogP contribution in [0.3, 0.4) is 0 Å². The maximum Gasteiger partial charge on any atom is 0.262 e. The number of aromatic hydroxyl groups is 3. The Morgan fingerprint density at radius 3 is 0.881 bits per heavy atom. The zero-order valence-corrected chi connectivity index (χ0v) is 79.4. The van der Waals surface area contributed by atoms with Crippen LogP contribution < -0.4 is 0 Å². The van der Waals surface area contributed by atoms with Gasteiger partial charge in [-0.15, -0.1) is 46.9 Å². The Balaban J connectivity index is 0.000000211. The molecule has 0 atom stereocenters. The molecule has 0 aliphatic rings. The predicted molar refractivity (Wildman–Crippen MR) is 515 cm³/mol. The Hall–Kier alpha value is -8.94. The Morgan fingerprint density at radius 1 is 0.305 bits per heavy atom. The molecule has 0 saturated carbocycles. The number of para-hydroxylation sites is 1. The Bertz CT molecular complexity index is 5620. The molecule has 0 unspecified atom stereocenters. The van der Waals surface area contributed by atoms with Gasteiger partial charge in [-0.3, -0.25) is 0 Å². The first-order chi connectivity index (χ1) is 54.6. The van der Waals surface area contributed by atoms with Gasteiger partial charge in [0.2, 0.25) is 0 Å². The zero-order chi connectivity index (χ0) is 85.4. The monoisotopic (exact) mass is 1680 g/mol. The minimum Gasteiger partial charge on any atom is -0.582 e. The van der Waals surface area contributed by atoms with Gasteiger partial charge in [-0.2, -0.15) is 49.2 Å². The van der Waals surface area contributed by atoms with Crippen molar-refractivity contribution in [3.8, 4) is 82.6 Å². The van der Waals surface area contributed by atoms with Gasteiger partial charge in [0.05, 0.1) is 15.3 Å². The first-order valence-corrected chi connectivity index (χ1v) is 43.7. The minimum absolute atomic E-state index is 0. The fourth-order valence-electron chi connectivity index (χ4n) is 15.3. The second kappa shape index (κ2) is 35.8. The summed E-state index contributed by atoms with van der Waals surface area (Å²) >= 11 is 3.26. The molecule has 12 aromatic carbocycles. The van der Waals surface area contributed by atoms with Crippen LogP contribution in [0.1, 0.15) is 240 Å². The van der Waals surface area contributed by atoms with Gasteiger partial charge in [0.15, 0.2) is 6.61 Å². The Kier molecular flexibility index (Phi) is 27.7. The molecule has 4 nitrogen and oxygen atoms in total. The molecule has 118 heavy (non-hydrogen) atoms. The smallest absolute Gasteiger partial charge is 0.262 e. The molecular weight excluding hydrogens is 1550 g/mol. The molecule has 0 spiro atoms. The number of benzene rings is 12. The first kappa shape index (κ1) is 91.4. The molecule has 2 heterocycles. The van der Waals surface area contributed by atoms with E-state index in [1.165, 1.54) is 99.1 Å². The largest absolute Gasteiger partial charge is 0.582 e. The van der Waals surface area contributed by atoms with Gasteiger partial charge in [0.1, 0.15) is 18.1 Å². The van der Waals surface area contributed by atoms with Crippen molar-refractivity contribution in [2.24, 2.45) is 0 Å². The maximum atomic E-state index is 12.3. The van der Waals surface area contributed by atoms with Gasteiger partial charge in [0.25, 0.3) is 5.75 Å². The van der Waals surface area contributed by atoms with Crippen LogP contribution >= 0.6 is 22.7 Å². The topological polar surface area (TPSA) is 76.2 Å². The number of fused-ring (bicyclic) bond motifs is 4. The molecule has 0 radical (unpaired) electrons. The number of aliphatic hydroxyl groups is 1. The van der Waals surface area contributed by atoms with Gasteiger partial charge in [-0.1, -0.05) is 300 Å². The average Bonchev–Trinajstić information content (AvgIpc) is 1.09. The second-order valence-electron chi connectivity index (χ2n) is 40.4. The summed E-state index contributed by atoms with van der Waals surface area (Å²) in [7, 11) is 0. The van der Waals surface area contributed by atoms with E-state index in [1.54, 1.807) is 22.7 Å². The summed E-state index contributed by atoms with van der Waals surface area (Å²) in [6.07, 6.45) is 1.72. The third-order valence-corrected chi connectivity index (χ3v) is 24.7. The molecular formula is C111H130O4S2Zr. The quantitative estimate of drug-likeness (QED) is 0.0586. The van der Waals surface area contributed by atoms with Crippen LogP contribution in [0.4, 0.5) is 0 Å². The first-order valence-electron chi connectivity index (χ1n) is 41.9. The van der Waals surface area contributed by atoms with E-state index >= 15 is 0 Å². The maximum absolute atomic E-state index is 12.3. The number of hydrogen-bond donors (Lipinski definition) is 2.